The molecule has 34 heavy (non-hydrogen) atoms. The third-order valence-electron chi connectivity index (χ3n) is 5.63. The fraction of sp³-hybridized carbons (Fsp3) is 0.292. The molecular weight excluding hydrogens is 462 g/mol. The molecule has 2 heterocycles. The smallest absolute Gasteiger partial charge is 0.417 e. The quantitative estimate of drug-likeness (QED) is 0.458. The van der Waals surface area contributed by atoms with Crippen molar-refractivity contribution in [3.63, 3.8) is 0 Å². The molecule has 1 aliphatic heterocycles. The summed E-state index contributed by atoms with van der Waals surface area (Å²) in [7, 11) is 0. The molecule has 0 saturated carbocycles. The van der Waals surface area contributed by atoms with Gasteiger partial charge in [-0.25, -0.2) is 4.98 Å². The summed E-state index contributed by atoms with van der Waals surface area (Å²) in [5.41, 5.74) is -0.156. The average Bonchev–Trinajstić information content (AvgIpc) is 3.26. The van der Waals surface area contributed by atoms with Crippen LogP contribution in [0.2, 0.25) is 0 Å². The summed E-state index contributed by atoms with van der Waals surface area (Å²) in [6.45, 7) is 0.546. The fourth-order valence-electron chi connectivity index (χ4n) is 4.00. The van der Waals surface area contributed by atoms with E-state index in [1.807, 2.05) is 4.90 Å². The van der Waals surface area contributed by atoms with Gasteiger partial charge in [-0.2, -0.15) is 26.3 Å². The van der Waals surface area contributed by atoms with Gasteiger partial charge in [0, 0.05) is 36.5 Å². The number of pyridine rings is 1. The summed E-state index contributed by atoms with van der Waals surface area (Å²) in [6.07, 6.45) is -8.07. The zero-order valence-electron chi connectivity index (χ0n) is 17.7. The second kappa shape index (κ2) is 9.17. The molecule has 0 spiro atoms. The molecule has 1 atom stereocenters. The molecule has 1 saturated heterocycles. The normalized spacial score (nSPS) is 16.7. The van der Waals surface area contributed by atoms with E-state index in [1.165, 1.54) is 24.3 Å². The number of aromatic nitrogens is 1. The number of alkyl halides is 6. The van der Waals surface area contributed by atoms with Gasteiger partial charge >= 0.3 is 12.4 Å². The molecule has 1 fully saturated rings. The Morgan fingerprint density at radius 3 is 2.38 bits per heavy atom. The predicted octanol–water partition coefficient (Wildman–Crippen LogP) is 5.94. The second-order valence-corrected chi connectivity index (χ2v) is 7.90. The molecule has 180 valence electrons. The summed E-state index contributed by atoms with van der Waals surface area (Å²) in [6, 6.07) is 12.1. The molecule has 0 aliphatic carbocycles. The number of aliphatic hydroxyl groups excluding tert-OH is 1. The lowest BCUT2D eigenvalue weighted by Gasteiger charge is -2.23. The van der Waals surface area contributed by atoms with Crippen molar-refractivity contribution in [2.45, 2.75) is 31.5 Å². The number of anilines is 1. The van der Waals surface area contributed by atoms with E-state index in [0.717, 1.165) is 18.2 Å². The van der Waals surface area contributed by atoms with Crippen LogP contribution < -0.4 is 9.64 Å². The first-order chi connectivity index (χ1) is 16.1. The van der Waals surface area contributed by atoms with Gasteiger partial charge in [0.2, 0.25) is 5.88 Å². The fourth-order valence-corrected chi connectivity index (χ4v) is 4.00. The van der Waals surface area contributed by atoms with Crippen molar-refractivity contribution >= 4 is 5.69 Å². The highest BCUT2D eigenvalue weighted by atomic mass is 19.4. The number of hydrogen-bond acceptors (Lipinski definition) is 4. The highest BCUT2D eigenvalue weighted by Gasteiger charge is 2.34. The summed E-state index contributed by atoms with van der Waals surface area (Å²) in [4.78, 5) is 5.64. The molecule has 3 aromatic rings. The molecule has 4 nitrogen and oxygen atoms in total. The van der Waals surface area contributed by atoms with Crippen LogP contribution in [0, 0.1) is 0 Å². The Labute approximate surface area is 191 Å². The molecule has 1 N–H and O–H groups in total. The SMILES string of the molecule is OCc1cc(-c2ccccc2C(F)(F)F)ccc1N1CC[C@H](Oc2ccc(C(F)(F)F)cn2)C1. The van der Waals surface area contributed by atoms with Gasteiger partial charge < -0.3 is 14.7 Å². The van der Waals surface area contributed by atoms with E-state index in [4.69, 9.17) is 4.74 Å². The van der Waals surface area contributed by atoms with Crippen LogP contribution in [0.5, 0.6) is 5.88 Å². The minimum absolute atomic E-state index is 0.0206. The van der Waals surface area contributed by atoms with Crippen molar-refractivity contribution in [1.29, 1.82) is 0 Å². The molecular formula is C24H20F6N2O2. The molecule has 1 aromatic heterocycles. The first-order valence-corrected chi connectivity index (χ1v) is 10.4. The zero-order chi connectivity index (χ0) is 24.5. The molecule has 1 aliphatic rings. The molecule has 4 rings (SSSR count). The number of ether oxygens (including phenoxy) is 1. The van der Waals surface area contributed by atoms with Crippen LogP contribution in [0.15, 0.2) is 60.8 Å². The standard InChI is InChI=1S/C24H20F6N2O2/c25-23(26,27)17-6-8-22(31-12-17)34-18-9-10-32(13-18)21-7-5-15(11-16(21)14-33)19-3-1-2-4-20(19)24(28,29)30/h1-8,11-12,18,33H,9-10,13-14H2/t18-/m0/s1. The van der Waals surface area contributed by atoms with Crippen molar-refractivity contribution in [1.82, 2.24) is 4.98 Å². The van der Waals surface area contributed by atoms with Crippen LogP contribution in [-0.2, 0) is 19.0 Å². The van der Waals surface area contributed by atoms with Gasteiger partial charge in [0.1, 0.15) is 6.10 Å². The Morgan fingerprint density at radius 1 is 0.971 bits per heavy atom. The first-order valence-electron chi connectivity index (χ1n) is 10.4. The molecule has 0 amide bonds. The lowest BCUT2D eigenvalue weighted by atomic mass is 9.97. The van der Waals surface area contributed by atoms with E-state index >= 15 is 0 Å². The maximum Gasteiger partial charge on any atom is 0.417 e. The Morgan fingerprint density at radius 2 is 1.74 bits per heavy atom. The Balaban J connectivity index is 1.51. The zero-order valence-corrected chi connectivity index (χ0v) is 17.7. The van der Waals surface area contributed by atoms with E-state index in [2.05, 4.69) is 4.98 Å². The molecule has 10 heteroatoms. The van der Waals surface area contributed by atoms with Gasteiger partial charge in [0.25, 0.3) is 0 Å². The Bertz CT molecular complexity index is 1150. The number of nitrogens with zero attached hydrogens (tertiary/aromatic N) is 2. The number of aliphatic hydroxyl groups is 1. The van der Waals surface area contributed by atoms with Gasteiger partial charge in [0.15, 0.2) is 0 Å². The monoisotopic (exact) mass is 482 g/mol. The van der Waals surface area contributed by atoms with Crippen LogP contribution in [0.1, 0.15) is 23.1 Å². The van der Waals surface area contributed by atoms with Crippen LogP contribution in [0.4, 0.5) is 32.0 Å². The molecule has 2 aromatic carbocycles. The Kier molecular flexibility index (Phi) is 6.44. The van der Waals surface area contributed by atoms with Gasteiger partial charge in [-0.15, -0.1) is 0 Å². The third-order valence-corrected chi connectivity index (χ3v) is 5.63. The van der Waals surface area contributed by atoms with E-state index in [-0.39, 0.29) is 24.2 Å². The maximum absolute atomic E-state index is 13.4. The number of benzene rings is 2. The highest BCUT2D eigenvalue weighted by molar-refractivity contribution is 5.72. The summed E-state index contributed by atoms with van der Waals surface area (Å²) < 4.78 is 84.0. The van der Waals surface area contributed by atoms with E-state index in [9.17, 15) is 31.4 Å². The van der Waals surface area contributed by atoms with Gasteiger partial charge in [-0.3, -0.25) is 0 Å². The van der Waals surface area contributed by atoms with Crippen LogP contribution in [0.3, 0.4) is 0 Å². The minimum atomic E-state index is -4.51. The lowest BCUT2D eigenvalue weighted by Crippen LogP contribution is -2.25. The third kappa shape index (κ3) is 5.11. The number of hydrogen-bond donors (Lipinski definition) is 1. The maximum atomic E-state index is 13.4. The van der Waals surface area contributed by atoms with Gasteiger partial charge in [-0.05, 0) is 35.4 Å². The van der Waals surface area contributed by atoms with E-state index < -0.39 is 23.5 Å². The van der Waals surface area contributed by atoms with Crippen molar-refractivity contribution in [2.75, 3.05) is 18.0 Å². The number of halogens is 6. The van der Waals surface area contributed by atoms with Crippen LogP contribution in [0.25, 0.3) is 11.1 Å². The predicted molar refractivity (Wildman–Crippen MR) is 113 cm³/mol. The average molecular weight is 482 g/mol. The van der Waals surface area contributed by atoms with Gasteiger partial charge in [0.05, 0.1) is 24.3 Å². The van der Waals surface area contributed by atoms with E-state index in [1.54, 1.807) is 12.1 Å². The number of rotatable bonds is 5. The van der Waals surface area contributed by atoms with Crippen LogP contribution >= 0.6 is 0 Å². The van der Waals surface area contributed by atoms with Gasteiger partial charge in [-0.1, -0.05) is 24.3 Å². The second-order valence-electron chi connectivity index (χ2n) is 7.90. The Hall–Kier alpha value is -3.27. The lowest BCUT2D eigenvalue weighted by molar-refractivity contribution is -0.138. The molecule has 0 bridgehead atoms. The summed E-state index contributed by atoms with van der Waals surface area (Å²) >= 11 is 0. The van der Waals surface area contributed by atoms with Crippen molar-refractivity contribution < 1.29 is 36.2 Å². The van der Waals surface area contributed by atoms with Crippen LogP contribution in [-0.4, -0.2) is 29.3 Å². The first kappa shape index (κ1) is 23.9. The highest BCUT2D eigenvalue weighted by Crippen LogP contribution is 2.38. The topological polar surface area (TPSA) is 45.6 Å². The minimum Gasteiger partial charge on any atom is -0.472 e. The van der Waals surface area contributed by atoms with Crippen molar-refractivity contribution in [3.8, 4) is 17.0 Å². The van der Waals surface area contributed by atoms with Crippen molar-refractivity contribution in [2.24, 2.45) is 0 Å². The largest absolute Gasteiger partial charge is 0.472 e. The van der Waals surface area contributed by atoms with Crippen molar-refractivity contribution in [3.05, 3.63) is 77.5 Å². The molecule has 0 unspecified atom stereocenters. The molecule has 0 radical (unpaired) electrons. The summed E-state index contributed by atoms with van der Waals surface area (Å²) in [5.74, 6) is 0.0707. The van der Waals surface area contributed by atoms with E-state index in [0.29, 0.717) is 42.5 Å². The summed E-state index contributed by atoms with van der Waals surface area (Å²) in [5, 5.41) is 9.89.